The van der Waals surface area contributed by atoms with Gasteiger partial charge in [0.15, 0.2) is 12.6 Å². The van der Waals surface area contributed by atoms with Crippen LogP contribution in [-0.2, 0) is 82.3 Å². The third kappa shape index (κ3) is 14.9. The van der Waals surface area contributed by atoms with Gasteiger partial charge in [0, 0.05) is 11.1 Å². The number of nitrogens with zero attached hydrogens (tertiary/aromatic N) is 8. The van der Waals surface area contributed by atoms with Gasteiger partial charge >= 0.3 is 0 Å². The van der Waals surface area contributed by atoms with Gasteiger partial charge in [0.05, 0.1) is 52.9 Å². The van der Waals surface area contributed by atoms with Crippen molar-refractivity contribution in [3.8, 4) is 22.8 Å². The highest BCUT2D eigenvalue weighted by atomic mass is 16.8. The predicted molar refractivity (Wildman–Crippen MR) is 315 cm³/mol. The highest BCUT2D eigenvalue weighted by Crippen LogP contribution is 2.41. The van der Waals surface area contributed by atoms with Crippen molar-refractivity contribution in [2.75, 3.05) is 13.2 Å². The lowest BCUT2D eigenvalue weighted by Crippen LogP contribution is -2.63. The van der Waals surface area contributed by atoms with Gasteiger partial charge in [0.2, 0.25) is 11.6 Å². The Labute approximate surface area is 493 Å². The average Bonchev–Trinajstić information content (AvgIpc) is 4.49. The first kappa shape index (κ1) is 57.0. The molecule has 12 rings (SSSR count). The molecular formula is C68H66N8O9. The zero-order valence-electron chi connectivity index (χ0n) is 46.8. The molecule has 2 aromatic heterocycles. The normalized spacial score (nSPS) is 22.3. The Morgan fingerprint density at radius 1 is 0.318 bits per heavy atom. The number of hydrogen-bond donors (Lipinski definition) is 0. The molecule has 0 N–H and O–H groups in total. The Balaban J connectivity index is 0.972. The summed E-state index contributed by atoms with van der Waals surface area (Å²) in [5, 5.41) is 28.8. The molecular weight excluding hydrogens is 1070 g/mol. The van der Waals surface area contributed by atoms with Gasteiger partial charge in [-0.05, 0) is 43.8 Å². The highest BCUT2D eigenvalue weighted by molar-refractivity contribution is 5.53. The van der Waals surface area contributed by atoms with Crippen LogP contribution in [0.25, 0.3) is 22.8 Å². The molecule has 4 heterocycles. The highest BCUT2D eigenvalue weighted by Gasteiger charge is 2.55. The number of hydrogen-bond acceptors (Lipinski definition) is 15. The molecule has 0 amide bonds. The smallest absolute Gasteiger partial charge is 0.204 e. The molecule has 0 spiro atoms. The maximum atomic E-state index is 7.51. The maximum absolute atomic E-state index is 7.51. The molecule has 17 heteroatoms. The fourth-order valence-corrected chi connectivity index (χ4v) is 10.6. The van der Waals surface area contributed by atoms with E-state index >= 15 is 0 Å². The molecule has 2 fully saturated rings. The van der Waals surface area contributed by atoms with E-state index in [2.05, 4.69) is 10.2 Å². The minimum atomic E-state index is -1.23. The summed E-state index contributed by atoms with van der Waals surface area (Å²) in [6, 6.07) is 77.7. The lowest BCUT2D eigenvalue weighted by molar-refractivity contribution is -0.383. The van der Waals surface area contributed by atoms with Gasteiger partial charge in [-0.15, -0.1) is 20.4 Å². The van der Waals surface area contributed by atoms with Crippen molar-refractivity contribution in [3.63, 3.8) is 0 Å². The second-order valence-corrected chi connectivity index (χ2v) is 20.8. The molecule has 2 saturated heterocycles. The Bertz CT molecular complexity index is 3290. The van der Waals surface area contributed by atoms with Gasteiger partial charge in [-0.3, -0.25) is 0 Å². The van der Waals surface area contributed by atoms with Crippen LogP contribution in [-0.4, -0.2) is 103 Å². The van der Waals surface area contributed by atoms with Crippen LogP contribution in [0.3, 0.4) is 0 Å². The van der Waals surface area contributed by atoms with Gasteiger partial charge in [0.1, 0.15) is 48.7 Å². The van der Waals surface area contributed by atoms with Crippen LogP contribution in [0.5, 0.6) is 0 Å². The topological polar surface area (TPSA) is 170 Å². The van der Waals surface area contributed by atoms with Crippen LogP contribution >= 0.6 is 0 Å². The molecule has 0 aliphatic carbocycles. The van der Waals surface area contributed by atoms with Crippen molar-refractivity contribution in [3.05, 3.63) is 276 Å². The minimum Gasteiger partial charge on any atom is -0.374 e. The van der Waals surface area contributed by atoms with E-state index in [0.29, 0.717) is 24.9 Å². The summed E-state index contributed by atoms with van der Waals surface area (Å²) in [5.41, 5.74) is 7.25. The Kier molecular flexibility index (Phi) is 19.4. The van der Waals surface area contributed by atoms with E-state index in [1.54, 1.807) is 9.59 Å². The van der Waals surface area contributed by atoms with Crippen LogP contribution in [0.2, 0.25) is 0 Å². The number of ether oxygens (including phenoxy) is 9. The molecule has 432 valence electrons. The summed E-state index contributed by atoms with van der Waals surface area (Å²) in [5.74, 6) is 0.852. The van der Waals surface area contributed by atoms with Crippen molar-refractivity contribution in [1.29, 1.82) is 0 Å². The zero-order chi connectivity index (χ0) is 57.2. The second-order valence-electron chi connectivity index (χ2n) is 20.8. The first-order valence-corrected chi connectivity index (χ1v) is 28.7. The van der Waals surface area contributed by atoms with Gasteiger partial charge < -0.3 is 42.6 Å². The van der Waals surface area contributed by atoms with Gasteiger partial charge in [-0.1, -0.05) is 243 Å². The molecule has 0 bridgehead atoms. The summed E-state index contributed by atoms with van der Waals surface area (Å²) < 4.78 is 64.3. The number of aromatic nitrogens is 8. The molecule has 17 nitrogen and oxygen atoms in total. The van der Waals surface area contributed by atoms with Gasteiger partial charge in [-0.2, -0.15) is 9.59 Å². The van der Waals surface area contributed by atoms with Crippen LogP contribution in [0, 0.1) is 0 Å². The molecule has 0 unspecified atom stereocenters. The summed E-state index contributed by atoms with van der Waals surface area (Å²) in [7, 11) is 0. The average molecular weight is 1140 g/mol. The number of rotatable bonds is 26. The molecule has 0 radical (unpaired) electrons. The Hall–Kier alpha value is -8.46. The summed E-state index contributed by atoms with van der Waals surface area (Å²) in [6.07, 6.45) is -7.89. The van der Waals surface area contributed by atoms with E-state index < -0.39 is 61.3 Å². The van der Waals surface area contributed by atoms with E-state index in [9.17, 15) is 0 Å². The second kappa shape index (κ2) is 28.9. The quantitative estimate of drug-likeness (QED) is 0.0501. The van der Waals surface area contributed by atoms with Crippen molar-refractivity contribution < 1.29 is 42.6 Å². The third-order valence-corrected chi connectivity index (χ3v) is 14.9. The summed E-state index contributed by atoms with van der Waals surface area (Å²) in [4.78, 5) is 3.14. The molecule has 2 aliphatic rings. The maximum Gasteiger partial charge on any atom is 0.204 e. The number of tetrazole rings is 2. The largest absolute Gasteiger partial charge is 0.374 e. The van der Waals surface area contributed by atoms with Crippen LogP contribution in [0.15, 0.2) is 243 Å². The lowest BCUT2D eigenvalue weighted by Gasteiger charge is -2.49. The fourth-order valence-electron chi connectivity index (χ4n) is 10.6. The first-order chi connectivity index (χ1) is 42.1. The van der Waals surface area contributed by atoms with E-state index in [1.165, 1.54) is 0 Å². The van der Waals surface area contributed by atoms with E-state index in [1.807, 2.05) is 243 Å². The standard InChI is InChI=1S/C68H66N8O9/c1-9-25-49(26-10-1)41-77-47-57-59(75-71-65(69-73-75)55-37-21-7-22-38-55)61(79-43-51-29-13-3-14-30-51)63(81-45-53-33-17-5-18-34-53)67(83-57)85-68-64(82-46-54-35-19-6-20-36-54)62(80-44-52-31-15-4-16-32-52)60(58(84-68)48-78-42-50-27-11-2-12-28-50)76-72-66(70-74-76)56-39-23-8-24-40-56/h1-40,57-64,67-68H,41-48H2/t57-,58-,59+,60+,61+,62+,63-,64-,67-,68-/m1/s1. The summed E-state index contributed by atoms with van der Waals surface area (Å²) in [6.45, 7) is 1.38. The fraction of sp³-hybridized carbons (Fsp3) is 0.265. The van der Waals surface area contributed by atoms with E-state index in [-0.39, 0.29) is 39.6 Å². The Morgan fingerprint density at radius 3 is 0.894 bits per heavy atom. The van der Waals surface area contributed by atoms with Crippen molar-refractivity contribution in [2.45, 2.75) is 101 Å². The molecule has 2 aliphatic heterocycles. The van der Waals surface area contributed by atoms with Crippen molar-refractivity contribution >= 4 is 0 Å². The SMILES string of the molecule is c1ccc(COC[C@H]2O[C@H](O[C@H]3O[C@H](COCc4ccccc4)[C@H](n4nnc(-c5ccccc5)n4)[C@H](OCc4ccccc4)[C@H]3OCc3ccccc3)[C@H](OCc3ccccc3)[C@@H](OCc3ccccc3)[C@H]2n2nnc(-c3ccccc3)n2)cc1. The Morgan fingerprint density at radius 2 is 0.588 bits per heavy atom. The zero-order valence-corrected chi connectivity index (χ0v) is 46.8. The van der Waals surface area contributed by atoms with Gasteiger partial charge in [0.25, 0.3) is 0 Å². The van der Waals surface area contributed by atoms with Crippen LogP contribution < -0.4 is 0 Å². The monoisotopic (exact) mass is 1140 g/mol. The predicted octanol–water partition coefficient (Wildman–Crippen LogP) is 11.0. The van der Waals surface area contributed by atoms with E-state index in [4.69, 9.17) is 63.3 Å². The third-order valence-electron chi connectivity index (χ3n) is 14.9. The molecule has 85 heavy (non-hydrogen) atoms. The van der Waals surface area contributed by atoms with E-state index in [0.717, 1.165) is 44.5 Å². The minimum absolute atomic E-state index is 0.0558. The van der Waals surface area contributed by atoms with Crippen LogP contribution in [0.4, 0.5) is 0 Å². The first-order valence-electron chi connectivity index (χ1n) is 28.7. The van der Waals surface area contributed by atoms with Crippen molar-refractivity contribution in [1.82, 2.24) is 40.4 Å². The molecule has 10 atom stereocenters. The van der Waals surface area contributed by atoms with Gasteiger partial charge in [-0.25, -0.2) is 0 Å². The van der Waals surface area contributed by atoms with Crippen LogP contribution in [0.1, 0.15) is 45.5 Å². The molecule has 0 saturated carbocycles. The molecule has 10 aromatic rings. The number of benzene rings is 8. The molecule has 8 aromatic carbocycles. The van der Waals surface area contributed by atoms with Crippen molar-refractivity contribution in [2.24, 2.45) is 0 Å². The summed E-state index contributed by atoms with van der Waals surface area (Å²) >= 11 is 0. The lowest BCUT2D eigenvalue weighted by atomic mass is 9.94.